The summed E-state index contributed by atoms with van der Waals surface area (Å²) in [5.41, 5.74) is 1.73. The minimum absolute atomic E-state index is 0.116. The van der Waals surface area contributed by atoms with Crippen molar-refractivity contribution in [3.63, 3.8) is 0 Å². The average molecular weight is 341 g/mol. The SMILES string of the molecule is Cc1nccc(CNC(=O)c2nn(-c3ccc(F)cc3C)cc2O)n1. The van der Waals surface area contributed by atoms with Crippen molar-refractivity contribution in [3.05, 3.63) is 65.3 Å². The summed E-state index contributed by atoms with van der Waals surface area (Å²) in [7, 11) is 0. The van der Waals surface area contributed by atoms with Crippen LogP contribution in [0.15, 0.2) is 36.7 Å². The third-order valence-corrected chi connectivity index (χ3v) is 3.58. The van der Waals surface area contributed by atoms with E-state index in [0.29, 0.717) is 22.8 Å². The predicted molar refractivity (Wildman–Crippen MR) is 87.9 cm³/mol. The number of benzene rings is 1. The second kappa shape index (κ2) is 6.68. The first-order valence-corrected chi connectivity index (χ1v) is 7.56. The van der Waals surface area contributed by atoms with Gasteiger partial charge in [0.2, 0.25) is 0 Å². The van der Waals surface area contributed by atoms with Crippen molar-refractivity contribution in [2.45, 2.75) is 20.4 Å². The van der Waals surface area contributed by atoms with E-state index >= 15 is 0 Å². The molecule has 0 bridgehead atoms. The van der Waals surface area contributed by atoms with Crippen molar-refractivity contribution in [1.82, 2.24) is 25.1 Å². The molecular formula is C17H16FN5O2. The number of hydrogen-bond acceptors (Lipinski definition) is 5. The van der Waals surface area contributed by atoms with Crippen molar-refractivity contribution in [2.24, 2.45) is 0 Å². The molecule has 128 valence electrons. The molecule has 0 fully saturated rings. The van der Waals surface area contributed by atoms with Crippen LogP contribution in [-0.4, -0.2) is 30.8 Å². The lowest BCUT2D eigenvalue weighted by Gasteiger charge is -2.05. The number of carbonyl (C=O) groups excluding carboxylic acids is 1. The fourth-order valence-electron chi connectivity index (χ4n) is 2.38. The number of carbonyl (C=O) groups is 1. The van der Waals surface area contributed by atoms with Gasteiger partial charge in [-0.1, -0.05) is 0 Å². The summed E-state index contributed by atoms with van der Waals surface area (Å²) < 4.78 is 14.6. The fraction of sp³-hybridized carbons (Fsp3) is 0.176. The van der Waals surface area contributed by atoms with Crippen LogP contribution in [-0.2, 0) is 6.54 Å². The standard InChI is InChI=1S/C17H16FN5O2/c1-10-7-12(18)3-4-14(10)23-9-15(24)16(22-23)17(25)20-8-13-5-6-19-11(2)21-13/h3-7,9,24H,8H2,1-2H3,(H,20,25). The number of aromatic nitrogens is 4. The molecule has 0 saturated heterocycles. The Hall–Kier alpha value is -3.29. The summed E-state index contributed by atoms with van der Waals surface area (Å²) in [6.07, 6.45) is 2.91. The number of amides is 1. The van der Waals surface area contributed by atoms with Crippen LogP contribution in [0.2, 0.25) is 0 Å². The molecule has 0 saturated carbocycles. The van der Waals surface area contributed by atoms with Crippen molar-refractivity contribution in [3.8, 4) is 11.4 Å². The molecule has 25 heavy (non-hydrogen) atoms. The van der Waals surface area contributed by atoms with Crippen LogP contribution < -0.4 is 5.32 Å². The minimum Gasteiger partial charge on any atom is -0.504 e. The zero-order valence-electron chi connectivity index (χ0n) is 13.7. The van der Waals surface area contributed by atoms with Crippen molar-refractivity contribution in [2.75, 3.05) is 0 Å². The lowest BCUT2D eigenvalue weighted by molar-refractivity contribution is 0.0942. The van der Waals surface area contributed by atoms with E-state index in [4.69, 9.17) is 0 Å². The average Bonchev–Trinajstić information content (AvgIpc) is 2.94. The maximum absolute atomic E-state index is 13.2. The van der Waals surface area contributed by atoms with E-state index in [2.05, 4.69) is 20.4 Å². The molecule has 8 heteroatoms. The number of aromatic hydroxyl groups is 1. The Bertz CT molecular complexity index is 939. The zero-order chi connectivity index (χ0) is 18.0. The van der Waals surface area contributed by atoms with E-state index < -0.39 is 5.91 Å². The van der Waals surface area contributed by atoms with Gasteiger partial charge in [-0.3, -0.25) is 4.79 Å². The van der Waals surface area contributed by atoms with Crippen LogP contribution in [0.1, 0.15) is 27.6 Å². The smallest absolute Gasteiger partial charge is 0.275 e. The first-order valence-electron chi connectivity index (χ1n) is 7.56. The Morgan fingerprint density at radius 2 is 2.12 bits per heavy atom. The number of hydrogen-bond donors (Lipinski definition) is 2. The third-order valence-electron chi connectivity index (χ3n) is 3.58. The second-order valence-corrected chi connectivity index (χ2v) is 5.52. The summed E-state index contributed by atoms with van der Waals surface area (Å²) in [5, 5.41) is 16.8. The first-order chi connectivity index (χ1) is 11.9. The first kappa shape index (κ1) is 16.6. The lowest BCUT2D eigenvalue weighted by Crippen LogP contribution is -2.24. The van der Waals surface area contributed by atoms with E-state index in [1.54, 1.807) is 26.1 Å². The Balaban J connectivity index is 1.78. The summed E-state index contributed by atoms with van der Waals surface area (Å²) in [6.45, 7) is 3.66. The number of nitrogens with one attached hydrogen (secondary N) is 1. The lowest BCUT2D eigenvalue weighted by atomic mass is 10.2. The Morgan fingerprint density at radius 3 is 2.84 bits per heavy atom. The normalized spacial score (nSPS) is 10.7. The van der Waals surface area contributed by atoms with Gasteiger partial charge in [-0.25, -0.2) is 19.0 Å². The van der Waals surface area contributed by atoms with Gasteiger partial charge in [-0.15, -0.1) is 0 Å². The molecule has 0 radical (unpaired) electrons. The molecular weight excluding hydrogens is 325 g/mol. The van der Waals surface area contributed by atoms with Crippen molar-refractivity contribution < 1.29 is 14.3 Å². The molecule has 2 N–H and O–H groups in total. The van der Waals surface area contributed by atoms with Gasteiger partial charge in [0.1, 0.15) is 11.6 Å². The number of nitrogens with zero attached hydrogens (tertiary/aromatic N) is 4. The van der Waals surface area contributed by atoms with Gasteiger partial charge in [0, 0.05) is 6.20 Å². The third kappa shape index (κ3) is 3.63. The Kier molecular flexibility index (Phi) is 4.42. The highest BCUT2D eigenvalue weighted by molar-refractivity contribution is 5.94. The number of rotatable bonds is 4. The zero-order valence-corrected chi connectivity index (χ0v) is 13.7. The second-order valence-electron chi connectivity index (χ2n) is 5.52. The molecule has 0 unspecified atom stereocenters. The van der Waals surface area contributed by atoms with E-state index in [9.17, 15) is 14.3 Å². The molecule has 0 aliphatic heterocycles. The van der Waals surface area contributed by atoms with Gasteiger partial charge in [0.05, 0.1) is 24.1 Å². The monoisotopic (exact) mass is 341 g/mol. The van der Waals surface area contributed by atoms with Crippen molar-refractivity contribution in [1.29, 1.82) is 0 Å². The quantitative estimate of drug-likeness (QED) is 0.758. The minimum atomic E-state index is -0.535. The molecule has 3 aromatic rings. The molecule has 0 atom stereocenters. The number of aryl methyl sites for hydroxylation is 2. The summed E-state index contributed by atoms with van der Waals surface area (Å²) in [4.78, 5) is 20.4. The van der Waals surface area contributed by atoms with Gasteiger partial charge in [0.25, 0.3) is 5.91 Å². The largest absolute Gasteiger partial charge is 0.504 e. The fourth-order valence-corrected chi connectivity index (χ4v) is 2.38. The summed E-state index contributed by atoms with van der Waals surface area (Å²) >= 11 is 0. The molecule has 0 aliphatic carbocycles. The molecule has 2 heterocycles. The highest BCUT2D eigenvalue weighted by Crippen LogP contribution is 2.21. The molecule has 7 nitrogen and oxygen atoms in total. The van der Waals surface area contributed by atoms with Crippen LogP contribution in [0.4, 0.5) is 4.39 Å². The van der Waals surface area contributed by atoms with E-state index in [-0.39, 0.29) is 23.8 Å². The maximum atomic E-state index is 13.2. The van der Waals surface area contributed by atoms with Crippen LogP contribution in [0.25, 0.3) is 5.69 Å². The molecule has 2 aromatic heterocycles. The van der Waals surface area contributed by atoms with Gasteiger partial charge in [-0.05, 0) is 43.7 Å². The van der Waals surface area contributed by atoms with E-state index in [1.807, 2.05) is 0 Å². The molecule has 1 aromatic carbocycles. The molecule has 0 aliphatic rings. The van der Waals surface area contributed by atoms with Crippen LogP contribution in [0, 0.1) is 19.7 Å². The summed E-state index contributed by atoms with van der Waals surface area (Å²) in [6, 6.07) is 5.86. The summed E-state index contributed by atoms with van der Waals surface area (Å²) in [5.74, 6) is -0.561. The highest BCUT2D eigenvalue weighted by atomic mass is 19.1. The Labute approximate surface area is 143 Å². The Morgan fingerprint density at radius 1 is 1.32 bits per heavy atom. The van der Waals surface area contributed by atoms with Crippen LogP contribution in [0.5, 0.6) is 5.75 Å². The van der Waals surface area contributed by atoms with Gasteiger partial charge >= 0.3 is 0 Å². The molecule has 3 rings (SSSR count). The predicted octanol–water partition coefficient (Wildman–Crippen LogP) is 2.05. The van der Waals surface area contributed by atoms with Crippen LogP contribution in [0.3, 0.4) is 0 Å². The highest BCUT2D eigenvalue weighted by Gasteiger charge is 2.18. The molecule has 0 spiro atoms. The maximum Gasteiger partial charge on any atom is 0.275 e. The molecule has 1 amide bonds. The van der Waals surface area contributed by atoms with E-state index in [0.717, 1.165) is 0 Å². The van der Waals surface area contributed by atoms with Crippen molar-refractivity contribution >= 4 is 5.91 Å². The topological polar surface area (TPSA) is 92.9 Å². The van der Waals surface area contributed by atoms with Gasteiger partial charge < -0.3 is 10.4 Å². The van der Waals surface area contributed by atoms with Gasteiger partial charge in [-0.2, -0.15) is 5.10 Å². The van der Waals surface area contributed by atoms with Crippen LogP contribution >= 0.6 is 0 Å². The number of halogens is 1. The van der Waals surface area contributed by atoms with E-state index in [1.165, 1.54) is 29.1 Å². The van der Waals surface area contributed by atoms with Gasteiger partial charge in [0.15, 0.2) is 11.4 Å².